The average molecular weight is 553 g/mol. The van der Waals surface area contributed by atoms with Crippen molar-refractivity contribution in [3.63, 3.8) is 0 Å². The number of carbonyl (C=O) groups is 2. The van der Waals surface area contributed by atoms with Gasteiger partial charge in [0.15, 0.2) is 5.82 Å². The summed E-state index contributed by atoms with van der Waals surface area (Å²) in [4.78, 5) is 36.5. The standard InChI is InChI=1S/C25H33ClN4O6S/c1-14-17(11-15(13-31)27-22(32)35-24(2,3)4)37-19-18(14)28-21(26)29-20(19)30(12-16-9-8-10-34-16)23(33)36-25(5,6)7/h8-10,15,31H,11-13H2,1-7H3,(H,27,32)/t15-/m1/s1. The molecule has 3 aromatic rings. The molecule has 37 heavy (non-hydrogen) atoms. The number of aryl methyl sites for hydroxylation is 1. The maximum atomic E-state index is 13.3. The number of nitrogens with one attached hydrogen (secondary N) is 1. The van der Waals surface area contributed by atoms with Gasteiger partial charge in [0.2, 0.25) is 5.28 Å². The van der Waals surface area contributed by atoms with Crippen molar-refractivity contribution in [2.24, 2.45) is 0 Å². The highest BCUT2D eigenvalue weighted by Crippen LogP contribution is 2.38. The normalized spacial score (nSPS) is 12.9. The van der Waals surface area contributed by atoms with Crippen LogP contribution in [0.1, 0.15) is 57.7 Å². The molecule has 0 saturated heterocycles. The minimum Gasteiger partial charge on any atom is -0.467 e. The Morgan fingerprint density at radius 2 is 1.86 bits per heavy atom. The van der Waals surface area contributed by atoms with Crippen molar-refractivity contribution < 1.29 is 28.6 Å². The zero-order valence-electron chi connectivity index (χ0n) is 22.0. The van der Waals surface area contributed by atoms with E-state index in [9.17, 15) is 14.7 Å². The molecule has 2 N–H and O–H groups in total. The molecule has 3 heterocycles. The van der Waals surface area contributed by atoms with E-state index in [0.717, 1.165) is 10.4 Å². The van der Waals surface area contributed by atoms with Gasteiger partial charge in [0.1, 0.15) is 17.0 Å². The van der Waals surface area contributed by atoms with Gasteiger partial charge in [-0.3, -0.25) is 4.90 Å². The fourth-order valence-corrected chi connectivity index (χ4v) is 4.92. The molecular weight excluding hydrogens is 520 g/mol. The average Bonchev–Trinajstić information content (AvgIpc) is 3.37. The summed E-state index contributed by atoms with van der Waals surface area (Å²) in [6.45, 7) is 12.3. The Labute approximate surface area is 224 Å². The van der Waals surface area contributed by atoms with Gasteiger partial charge < -0.3 is 24.3 Å². The number of thiophene rings is 1. The number of nitrogens with zero attached hydrogens (tertiary/aromatic N) is 3. The predicted molar refractivity (Wildman–Crippen MR) is 142 cm³/mol. The summed E-state index contributed by atoms with van der Waals surface area (Å²) >= 11 is 7.65. The summed E-state index contributed by atoms with van der Waals surface area (Å²) in [6.07, 6.45) is 0.589. The van der Waals surface area contributed by atoms with Gasteiger partial charge in [-0.2, -0.15) is 4.98 Å². The third-order valence-corrected chi connectivity index (χ3v) is 6.42. The van der Waals surface area contributed by atoms with Crippen molar-refractivity contribution in [1.29, 1.82) is 0 Å². The van der Waals surface area contributed by atoms with Crippen LogP contribution in [-0.4, -0.2) is 51.1 Å². The second-order valence-corrected chi connectivity index (χ2v) is 12.0. The van der Waals surface area contributed by atoms with Crippen LogP contribution in [0.2, 0.25) is 5.28 Å². The lowest BCUT2D eigenvalue weighted by atomic mass is 10.1. The molecule has 10 nitrogen and oxygen atoms in total. The Morgan fingerprint density at radius 1 is 1.19 bits per heavy atom. The number of aliphatic hydroxyl groups excluding tert-OH is 1. The van der Waals surface area contributed by atoms with Gasteiger partial charge in [0, 0.05) is 11.3 Å². The first kappa shape index (κ1) is 28.7. The quantitative estimate of drug-likeness (QED) is 0.362. The molecule has 0 aliphatic carbocycles. The largest absolute Gasteiger partial charge is 0.467 e. The molecule has 202 valence electrons. The molecule has 0 spiro atoms. The Hall–Kier alpha value is -2.89. The van der Waals surface area contributed by atoms with Gasteiger partial charge in [-0.05, 0) is 77.8 Å². The first-order valence-corrected chi connectivity index (χ1v) is 12.9. The van der Waals surface area contributed by atoms with E-state index >= 15 is 0 Å². The number of hydrogen-bond acceptors (Lipinski definition) is 9. The van der Waals surface area contributed by atoms with Gasteiger partial charge in [0.25, 0.3) is 0 Å². The first-order chi connectivity index (χ1) is 17.2. The van der Waals surface area contributed by atoms with Crippen molar-refractivity contribution in [2.45, 2.75) is 78.7 Å². The molecule has 3 aromatic heterocycles. The van der Waals surface area contributed by atoms with E-state index in [0.29, 0.717) is 22.4 Å². The lowest BCUT2D eigenvalue weighted by Gasteiger charge is -2.26. The number of ether oxygens (including phenoxy) is 2. The number of halogens is 1. The summed E-state index contributed by atoms with van der Waals surface area (Å²) in [6, 6.07) is 2.88. The second-order valence-electron chi connectivity index (χ2n) is 10.5. The van der Waals surface area contributed by atoms with E-state index in [1.54, 1.807) is 53.7 Å². The van der Waals surface area contributed by atoms with Gasteiger partial charge >= 0.3 is 12.2 Å². The minimum absolute atomic E-state index is 0.0338. The van der Waals surface area contributed by atoms with Gasteiger partial charge in [-0.1, -0.05) is 0 Å². The van der Waals surface area contributed by atoms with E-state index in [4.69, 9.17) is 25.5 Å². The molecule has 0 aromatic carbocycles. The zero-order chi connectivity index (χ0) is 27.5. The fraction of sp³-hybridized carbons (Fsp3) is 0.520. The molecular formula is C25H33ClN4O6S. The van der Waals surface area contributed by atoms with E-state index in [-0.39, 0.29) is 24.3 Å². The number of carbonyl (C=O) groups excluding carboxylic acids is 2. The molecule has 0 saturated carbocycles. The van der Waals surface area contributed by atoms with E-state index in [1.165, 1.54) is 22.5 Å². The molecule has 0 aliphatic heterocycles. The van der Waals surface area contributed by atoms with Gasteiger partial charge in [-0.15, -0.1) is 11.3 Å². The number of fused-ring (bicyclic) bond motifs is 1. The third-order valence-electron chi connectivity index (χ3n) is 4.96. The Kier molecular flexibility index (Phi) is 8.71. The number of rotatable bonds is 7. The maximum absolute atomic E-state index is 13.3. The summed E-state index contributed by atoms with van der Waals surface area (Å²) in [5, 5.41) is 12.6. The number of furan rings is 1. The monoisotopic (exact) mass is 552 g/mol. The summed E-state index contributed by atoms with van der Waals surface area (Å²) < 4.78 is 17.0. The summed E-state index contributed by atoms with van der Waals surface area (Å²) in [5.41, 5.74) is -0.0426. The Bertz CT molecular complexity index is 1250. The number of hydrogen-bond donors (Lipinski definition) is 2. The van der Waals surface area contributed by atoms with Crippen LogP contribution in [-0.2, 0) is 22.4 Å². The number of anilines is 1. The number of aliphatic hydroxyl groups is 1. The predicted octanol–water partition coefficient (Wildman–Crippen LogP) is 5.62. The SMILES string of the molecule is Cc1c(C[C@H](CO)NC(=O)OC(C)(C)C)sc2c(N(Cc3ccco3)C(=O)OC(C)(C)C)nc(Cl)nc12. The molecule has 1 atom stereocenters. The molecule has 0 bridgehead atoms. The van der Waals surface area contributed by atoms with Crippen molar-refractivity contribution >= 4 is 51.2 Å². The molecule has 0 aliphatic rings. The summed E-state index contributed by atoms with van der Waals surface area (Å²) in [5.74, 6) is 0.810. The molecule has 3 rings (SSSR count). The third kappa shape index (κ3) is 7.80. The highest BCUT2D eigenvalue weighted by Gasteiger charge is 2.30. The molecule has 0 radical (unpaired) electrons. The van der Waals surface area contributed by atoms with Crippen LogP contribution in [0.25, 0.3) is 10.2 Å². The topological polar surface area (TPSA) is 127 Å². The zero-order valence-corrected chi connectivity index (χ0v) is 23.6. The van der Waals surface area contributed by atoms with Crippen LogP contribution in [0.15, 0.2) is 22.8 Å². The highest BCUT2D eigenvalue weighted by atomic mass is 35.5. The molecule has 12 heteroatoms. The lowest BCUT2D eigenvalue weighted by Crippen LogP contribution is -2.42. The van der Waals surface area contributed by atoms with Crippen molar-refractivity contribution in [2.75, 3.05) is 11.5 Å². The highest BCUT2D eigenvalue weighted by molar-refractivity contribution is 7.19. The minimum atomic E-state index is -0.743. The van der Waals surface area contributed by atoms with Crippen LogP contribution >= 0.6 is 22.9 Å². The van der Waals surface area contributed by atoms with E-state index in [2.05, 4.69) is 15.3 Å². The smallest absolute Gasteiger partial charge is 0.416 e. The van der Waals surface area contributed by atoms with Crippen molar-refractivity contribution in [3.05, 3.63) is 39.9 Å². The maximum Gasteiger partial charge on any atom is 0.416 e. The molecule has 2 amide bonds. The van der Waals surface area contributed by atoms with Crippen molar-refractivity contribution in [1.82, 2.24) is 15.3 Å². The van der Waals surface area contributed by atoms with Crippen LogP contribution in [0.3, 0.4) is 0 Å². The van der Waals surface area contributed by atoms with Gasteiger partial charge in [-0.25, -0.2) is 14.6 Å². The molecule has 0 fully saturated rings. The number of amides is 2. The number of aromatic nitrogens is 2. The van der Waals surface area contributed by atoms with Crippen molar-refractivity contribution in [3.8, 4) is 0 Å². The Morgan fingerprint density at radius 3 is 2.43 bits per heavy atom. The Balaban J connectivity index is 2.00. The number of alkyl carbamates (subject to hydrolysis) is 1. The van der Waals surface area contributed by atoms with Crippen LogP contribution in [0.4, 0.5) is 15.4 Å². The van der Waals surface area contributed by atoms with E-state index in [1.807, 2.05) is 6.92 Å². The van der Waals surface area contributed by atoms with Crippen LogP contribution < -0.4 is 10.2 Å². The summed E-state index contributed by atoms with van der Waals surface area (Å²) in [7, 11) is 0. The van der Waals surface area contributed by atoms with Crippen LogP contribution in [0.5, 0.6) is 0 Å². The van der Waals surface area contributed by atoms with Gasteiger partial charge in [0.05, 0.1) is 35.7 Å². The van der Waals surface area contributed by atoms with E-state index < -0.39 is 29.4 Å². The first-order valence-electron chi connectivity index (χ1n) is 11.8. The fourth-order valence-electron chi connectivity index (χ4n) is 3.43. The molecule has 0 unspecified atom stereocenters. The van der Waals surface area contributed by atoms with Crippen LogP contribution in [0, 0.1) is 6.92 Å². The lowest BCUT2D eigenvalue weighted by molar-refractivity contribution is 0.0482. The second kappa shape index (κ2) is 11.2.